The van der Waals surface area contributed by atoms with E-state index in [2.05, 4.69) is 52.7 Å². The van der Waals surface area contributed by atoms with Gasteiger partial charge in [-0.3, -0.25) is 24.3 Å². The molecule has 0 spiro atoms. The molecule has 2 aromatic rings. The van der Waals surface area contributed by atoms with Gasteiger partial charge in [-0.2, -0.15) is 0 Å². The van der Waals surface area contributed by atoms with Crippen LogP contribution in [0.25, 0.3) is 0 Å². The van der Waals surface area contributed by atoms with Gasteiger partial charge in [0.15, 0.2) is 0 Å². The van der Waals surface area contributed by atoms with Gasteiger partial charge in [0.05, 0.1) is 17.8 Å². The summed E-state index contributed by atoms with van der Waals surface area (Å²) in [6, 6.07) is 15.5. The minimum Gasteiger partial charge on any atom is -0.508 e. The van der Waals surface area contributed by atoms with Crippen LogP contribution in [-0.4, -0.2) is 78.4 Å². The first-order chi connectivity index (χ1) is 25.4. The molecule has 6 atom stereocenters. The van der Waals surface area contributed by atoms with Crippen molar-refractivity contribution in [3.8, 4) is 5.75 Å². The molecular weight excluding hydrogens is 665 g/mol. The third kappa shape index (κ3) is 9.61. The molecule has 1 saturated carbocycles. The van der Waals surface area contributed by atoms with Crippen LogP contribution in [0, 0.1) is 17.8 Å². The summed E-state index contributed by atoms with van der Waals surface area (Å²) in [6.07, 6.45) is 8.82. The summed E-state index contributed by atoms with van der Waals surface area (Å²) in [5, 5.41) is 19.1. The van der Waals surface area contributed by atoms with Gasteiger partial charge in [0, 0.05) is 32.1 Å². The number of amides is 3. The van der Waals surface area contributed by atoms with Crippen LogP contribution in [0.1, 0.15) is 109 Å². The lowest BCUT2D eigenvalue weighted by molar-refractivity contribution is -0.130. The lowest BCUT2D eigenvalue weighted by Gasteiger charge is -2.55. The van der Waals surface area contributed by atoms with Crippen LogP contribution in [0.3, 0.4) is 0 Å². The first-order valence-corrected chi connectivity index (χ1v) is 20.1. The van der Waals surface area contributed by atoms with Crippen molar-refractivity contribution in [1.29, 1.82) is 0 Å². The van der Waals surface area contributed by atoms with Crippen molar-refractivity contribution in [2.75, 3.05) is 32.7 Å². The second-order valence-electron chi connectivity index (χ2n) is 16.6. The van der Waals surface area contributed by atoms with Crippen LogP contribution in [0.5, 0.6) is 5.75 Å². The first-order valence-electron chi connectivity index (χ1n) is 20.1. The van der Waals surface area contributed by atoms with Crippen molar-refractivity contribution in [2.24, 2.45) is 28.5 Å². The SMILES string of the molecule is CCCCC(N)=NCCCCCNC(=O)[C@H](CC(C)C)NC(=O)CNC(=O)[C@]1(c2ccccc2)C[C@@H]1CN1CC[C@@]2(C)c3cc(O)ccc3CC1[C@@H]2C. The van der Waals surface area contributed by atoms with Crippen molar-refractivity contribution in [2.45, 2.75) is 122 Å². The molecule has 1 aliphatic heterocycles. The zero-order valence-corrected chi connectivity index (χ0v) is 32.8. The van der Waals surface area contributed by atoms with E-state index in [1.807, 2.05) is 50.2 Å². The number of aromatic hydroxyl groups is 1. The third-order valence-corrected chi connectivity index (χ3v) is 12.4. The molecule has 6 N–H and O–H groups in total. The lowest BCUT2D eigenvalue weighted by Crippen LogP contribution is -2.58. The summed E-state index contributed by atoms with van der Waals surface area (Å²) in [7, 11) is 0. The molecule has 3 aliphatic rings. The number of unbranched alkanes of at least 4 members (excludes halogenated alkanes) is 3. The average Bonchev–Trinajstić information content (AvgIpc) is 3.87. The fourth-order valence-corrected chi connectivity index (χ4v) is 8.93. The molecule has 0 aromatic heterocycles. The molecule has 53 heavy (non-hydrogen) atoms. The number of carbonyl (C=O) groups is 3. The van der Waals surface area contributed by atoms with Gasteiger partial charge in [0.2, 0.25) is 17.7 Å². The summed E-state index contributed by atoms with van der Waals surface area (Å²) in [5.41, 5.74) is 8.81. The number of aliphatic imine (C=N–C) groups is 1. The van der Waals surface area contributed by atoms with E-state index in [9.17, 15) is 19.5 Å². The second-order valence-corrected chi connectivity index (χ2v) is 16.6. The molecule has 5 rings (SSSR count). The smallest absolute Gasteiger partial charge is 0.242 e. The number of fused-ring (bicyclic) bond motifs is 4. The highest BCUT2D eigenvalue weighted by Gasteiger charge is 2.62. The van der Waals surface area contributed by atoms with Gasteiger partial charge < -0.3 is 26.8 Å². The van der Waals surface area contributed by atoms with Crippen LogP contribution < -0.4 is 21.7 Å². The maximum Gasteiger partial charge on any atom is 0.242 e. The molecule has 1 saturated heterocycles. The highest BCUT2D eigenvalue weighted by molar-refractivity contribution is 5.95. The van der Waals surface area contributed by atoms with Crippen molar-refractivity contribution >= 4 is 23.6 Å². The summed E-state index contributed by atoms with van der Waals surface area (Å²) in [6.45, 7) is 13.7. The normalized spacial score (nSPS) is 25.7. The topological polar surface area (TPSA) is 149 Å². The van der Waals surface area contributed by atoms with Crippen LogP contribution in [0.2, 0.25) is 0 Å². The Morgan fingerprint density at radius 2 is 1.83 bits per heavy atom. The monoisotopic (exact) mass is 728 g/mol. The highest BCUT2D eigenvalue weighted by atomic mass is 16.3. The number of benzene rings is 2. The van der Waals surface area contributed by atoms with E-state index in [1.54, 1.807) is 6.07 Å². The fraction of sp³-hybridized carbons (Fsp3) is 0.628. The molecule has 2 bridgehead atoms. The number of piperidine rings is 1. The van der Waals surface area contributed by atoms with Gasteiger partial charge in [-0.25, -0.2) is 0 Å². The Morgan fingerprint density at radius 1 is 1.06 bits per heavy atom. The minimum atomic E-state index is -0.703. The molecule has 290 valence electrons. The summed E-state index contributed by atoms with van der Waals surface area (Å²) >= 11 is 0. The predicted octanol–water partition coefficient (Wildman–Crippen LogP) is 5.36. The number of rotatable bonds is 19. The Bertz CT molecular complexity index is 1600. The van der Waals surface area contributed by atoms with Gasteiger partial charge in [-0.15, -0.1) is 0 Å². The number of nitrogens with one attached hydrogen (secondary N) is 3. The Kier molecular flexibility index (Phi) is 13.6. The zero-order valence-electron chi connectivity index (χ0n) is 32.8. The molecular formula is C43H64N6O4. The molecule has 10 nitrogen and oxygen atoms in total. The maximum absolute atomic E-state index is 14.1. The number of hydrogen-bond acceptors (Lipinski definition) is 6. The predicted molar refractivity (Wildman–Crippen MR) is 212 cm³/mol. The van der Waals surface area contributed by atoms with Crippen molar-refractivity contribution in [3.63, 3.8) is 0 Å². The van der Waals surface area contributed by atoms with Crippen molar-refractivity contribution in [1.82, 2.24) is 20.9 Å². The number of nitrogens with two attached hydrogens (primary N) is 1. The van der Waals surface area contributed by atoms with E-state index in [-0.39, 0.29) is 41.5 Å². The third-order valence-electron chi connectivity index (χ3n) is 12.4. The zero-order chi connectivity index (χ0) is 38.2. The molecule has 2 fully saturated rings. The van der Waals surface area contributed by atoms with Gasteiger partial charge in [-0.1, -0.05) is 77.4 Å². The van der Waals surface area contributed by atoms with Gasteiger partial charge >= 0.3 is 0 Å². The van der Waals surface area contributed by atoms with Crippen LogP contribution in [0.4, 0.5) is 0 Å². The Hall–Kier alpha value is -3.92. The fourth-order valence-electron chi connectivity index (χ4n) is 8.93. The number of likely N-dealkylation sites (tertiary alicyclic amines) is 1. The van der Waals surface area contributed by atoms with Crippen LogP contribution in [-0.2, 0) is 31.6 Å². The Morgan fingerprint density at radius 3 is 2.57 bits per heavy atom. The Balaban J connectivity index is 1.14. The van der Waals surface area contributed by atoms with Gasteiger partial charge in [0.1, 0.15) is 11.8 Å². The van der Waals surface area contributed by atoms with Crippen molar-refractivity contribution in [3.05, 3.63) is 65.2 Å². The minimum absolute atomic E-state index is 0.000845. The first kappa shape index (κ1) is 40.3. The molecule has 2 aromatic carbocycles. The molecule has 10 heteroatoms. The van der Waals surface area contributed by atoms with Gasteiger partial charge in [0.25, 0.3) is 0 Å². The lowest BCUT2D eigenvalue weighted by atomic mass is 9.59. The standard InChI is InChI=1S/C43H64N6O4/c1-6-7-16-38(44)45-20-12-9-13-21-46-40(52)36(23-29(2)3)48-39(51)27-47-41(53)43(32-14-10-8-11-15-32)26-33(43)28-49-22-19-42(5)30(4)37(49)24-31-17-18-34(50)25-35(31)42/h8,10-11,14-15,17-18,25,29-30,33,36-37,50H,6-7,9,12-13,16,19-24,26-28H2,1-5H3,(H2,44,45)(H,46,52)(H,47,53)(H,48,51)/t30-,33+,36-,37?,42+,43-/m0/s1. The van der Waals surface area contributed by atoms with Crippen molar-refractivity contribution < 1.29 is 19.5 Å². The van der Waals surface area contributed by atoms with E-state index in [0.29, 0.717) is 37.2 Å². The van der Waals surface area contributed by atoms with Crippen LogP contribution >= 0.6 is 0 Å². The number of phenolic OH excluding ortho intramolecular Hbond substituents is 1. The summed E-state index contributed by atoms with van der Waals surface area (Å²) < 4.78 is 0. The number of carbonyl (C=O) groups excluding carboxylic acids is 3. The number of nitrogens with zero attached hydrogens (tertiary/aromatic N) is 2. The number of amidine groups is 1. The van der Waals surface area contributed by atoms with E-state index >= 15 is 0 Å². The molecule has 2 aliphatic carbocycles. The summed E-state index contributed by atoms with van der Waals surface area (Å²) in [5.74, 6) is 1.07. The molecule has 1 unspecified atom stereocenters. The molecule has 0 radical (unpaired) electrons. The maximum atomic E-state index is 14.1. The number of hydrogen-bond donors (Lipinski definition) is 5. The van der Waals surface area contributed by atoms with E-state index in [1.165, 1.54) is 11.1 Å². The second kappa shape index (κ2) is 17.9. The van der Waals surface area contributed by atoms with E-state index in [0.717, 1.165) is 82.3 Å². The van der Waals surface area contributed by atoms with Gasteiger partial charge in [-0.05, 0) is 110 Å². The summed E-state index contributed by atoms with van der Waals surface area (Å²) in [4.78, 5) is 47.5. The van der Waals surface area contributed by atoms with E-state index in [4.69, 9.17) is 5.73 Å². The largest absolute Gasteiger partial charge is 0.508 e. The molecule has 3 amide bonds. The Labute approximate surface area is 317 Å². The average molecular weight is 729 g/mol. The quantitative estimate of drug-likeness (QED) is 0.0748. The number of phenols is 1. The molecule has 1 heterocycles. The van der Waals surface area contributed by atoms with E-state index < -0.39 is 11.5 Å². The highest BCUT2D eigenvalue weighted by Crippen LogP contribution is 2.56. The van der Waals surface area contributed by atoms with Crippen LogP contribution in [0.15, 0.2) is 53.5 Å².